The van der Waals surface area contributed by atoms with Gasteiger partial charge in [-0.15, -0.1) is 0 Å². The number of para-hydroxylation sites is 2. The van der Waals surface area contributed by atoms with Crippen molar-refractivity contribution < 1.29 is 9.53 Å². The summed E-state index contributed by atoms with van der Waals surface area (Å²) in [7, 11) is 0. The van der Waals surface area contributed by atoms with Crippen LogP contribution >= 0.6 is 12.2 Å². The van der Waals surface area contributed by atoms with Gasteiger partial charge >= 0.3 is 0 Å². The highest BCUT2D eigenvalue weighted by Crippen LogP contribution is 2.21. The molecule has 0 bridgehead atoms. The Kier molecular flexibility index (Phi) is 6.35. The SMILES string of the molecule is O=C(NNC(=S)NCc1ccc(Oc2ccccc2)cc1)c1ccc2ccccc2n1. The number of hydrogen-bond donors (Lipinski definition) is 3. The zero-order chi connectivity index (χ0) is 21.5. The summed E-state index contributed by atoms with van der Waals surface area (Å²) in [6.45, 7) is 0.502. The van der Waals surface area contributed by atoms with E-state index in [1.54, 1.807) is 6.07 Å². The van der Waals surface area contributed by atoms with Gasteiger partial charge in [0.2, 0.25) is 0 Å². The number of nitrogens with one attached hydrogen (secondary N) is 3. The Balaban J connectivity index is 1.24. The van der Waals surface area contributed by atoms with Crippen LogP contribution in [0.15, 0.2) is 91.0 Å². The summed E-state index contributed by atoms with van der Waals surface area (Å²) in [4.78, 5) is 16.7. The summed E-state index contributed by atoms with van der Waals surface area (Å²) in [6.07, 6.45) is 0. The number of ether oxygens (including phenoxy) is 1. The molecule has 0 aliphatic carbocycles. The fourth-order valence-electron chi connectivity index (χ4n) is 2.90. The number of carbonyl (C=O) groups excluding carboxylic acids is 1. The molecular formula is C24H20N4O2S. The number of benzene rings is 3. The molecule has 4 rings (SSSR count). The maximum absolute atomic E-state index is 12.3. The molecule has 0 spiro atoms. The summed E-state index contributed by atoms with van der Waals surface area (Å²) in [5, 5.41) is 4.33. The molecule has 154 valence electrons. The Hall–Kier alpha value is -3.97. The molecule has 0 fully saturated rings. The van der Waals surface area contributed by atoms with Gasteiger partial charge in [0.25, 0.3) is 5.91 Å². The van der Waals surface area contributed by atoms with Crippen molar-refractivity contribution in [2.45, 2.75) is 6.54 Å². The Bertz CT molecular complexity index is 1200. The highest BCUT2D eigenvalue weighted by molar-refractivity contribution is 7.80. The maximum Gasteiger partial charge on any atom is 0.288 e. The van der Waals surface area contributed by atoms with Gasteiger partial charge in [-0.3, -0.25) is 15.6 Å². The van der Waals surface area contributed by atoms with Gasteiger partial charge in [-0.2, -0.15) is 0 Å². The molecule has 31 heavy (non-hydrogen) atoms. The molecule has 0 unspecified atom stereocenters. The molecule has 6 nitrogen and oxygen atoms in total. The number of hydrazine groups is 1. The third-order valence-corrected chi connectivity index (χ3v) is 4.72. The smallest absolute Gasteiger partial charge is 0.288 e. The summed E-state index contributed by atoms with van der Waals surface area (Å²) >= 11 is 5.23. The third-order valence-electron chi connectivity index (χ3n) is 4.48. The van der Waals surface area contributed by atoms with Crippen molar-refractivity contribution in [2.75, 3.05) is 0 Å². The molecule has 0 aliphatic heterocycles. The second kappa shape index (κ2) is 9.69. The molecule has 0 saturated carbocycles. The minimum Gasteiger partial charge on any atom is -0.457 e. The minimum atomic E-state index is -0.364. The van der Waals surface area contributed by atoms with Crippen LogP contribution in [-0.2, 0) is 6.54 Å². The van der Waals surface area contributed by atoms with Gasteiger partial charge in [-0.25, -0.2) is 4.98 Å². The van der Waals surface area contributed by atoms with Crippen LogP contribution in [0.1, 0.15) is 16.1 Å². The largest absolute Gasteiger partial charge is 0.457 e. The molecule has 3 N–H and O–H groups in total. The van der Waals surface area contributed by atoms with Crippen molar-refractivity contribution in [3.05, 3.63) is 102 Å². The fraction of sp³-hybridized carbons (Fsp3) is 0.0417. The molecule has 0 saturated heterocycles. The van der Waals surface area contributed by atoms with E-state index in [1.165, 1.54) is 0 Å². The predicted molar refractivity (Wildman–Crippen MR) is 125 cm³/mol. The molecule has 7 heteroatoms. The average Bonchev–Trinajstić information content (AvgIpc) is 2.82. The minimum absolute atomic E-state index is 0.304. The van der Waals surface area contributed by atoms with E-state index in [0.29, 0.717) is 17.4 Å². The Morgan fingerprint density at radius 1 is 0.806 bits per heavy atom. The number of rotatable bonds is 5. The molecule has 0 radical (unpaired) electrons. The topological polar surface area (TPSA) is 75.3 Å². The second-order valence-electron chi connectivity index (χ2n) is 6.71. The number of pyridine rings is 1. The van der Waals surface area contributed by atoms with Gasteiger partial charge < -0.3 is 10.1 Å². The van der Waals surface area contributed by atoms with Gasteiger partial charge in [0, 0.05) is 11.9 Å². The number of hydrogen-bond acceptors (Lipinski definition) is 4. The van der Waals surface area contributed by atoms with E-state index in [2.05, 4.69) is 21.2 Å². The normalized spacial score (nSPS) is 10.3. The molecule has 1 amide bonds. The van der Waals surface area contributed by atoms with E-state index in [4.69, 9.17) is 17.0 Å². The zero-order valence-electron chi connectivity index (χ0n) is 16.5. The van der Waals surface area contributed by atoms with Gasteiger partial charge in [0.05, 0.1) is 5.52 Å². The van der Waals surface area contributed by atoms with E-state index < -0.39 is 0 Å². The molecule has 0 atom stereocenters. The van der Waals surface area contributed by atoms with Gasteiger partial charge in [0.1, 0.15) is 17.2 Å². The van der Waals surface area contributed by atoms with Crippen LogP contribution in [0.2, 0.25) is 0 Å². The van der Waals surface area contributed by atoms with Crippen LogP contribution in [0.4, 0.5) is 0 Å². The lowest BCUT2D eigenvalue weighted by atomic mass is 10.2. The van der Waals surface area contributed by atoms with Crippen molar-refractivity contribution in [3.8, 4) is 11.5 Å². The standard InChI is InChI=1S/C24H20N4O2S/c29-23(22-15-12-18-6-4-5-9-21(18)26-22)27-28-24(31)25-16-17-10-13-20(14-11-17)30-19-7-2-1-3-8-19/h1-15H,16H2,(H,27,29)(H2,25,28,31). The molecule has 1 aromatic heterocycles. The zero-order valence-corrected chi connectivity index (χ0v) is 17.4. The van der Waals surface area contributed by atoms with Crippen molar-refractivity contribution >= 4 is 34.1 Å². The molecular weight excluding hydrogens is 408 g/mol. The summed E-state index contributed by atoms with van der Waals surface area (Å²) in [5.74, 6) is 1.18. The highest BCUT2D eigenvalue weighted by Gasteiger charge is 2.08. The van der Waals surface area contributed by atoms with Crippen LogP contribution < -0.4 is 20.9 Å². The van der Waals surface area contributed by atoms with Crippen LogP contribution in [0, 0.1) is 0 Å². The highest BCUT2D eigenvalue weighted by atomic mass is 32.1. The van der Waals surface area contributed by atoms with Crippen LogP contribution in [0.5, 0.6) is 11.5 Å². The number of thiocarbonyl (C=S) groups is 1. The monoisotopic (exact) mass is 428 g/mol. The summed E-state index contributed by atoms with van der Waals surface area (Å²) in [5.41, 5.74) is 7.35. The molecule has 3 aromatic carbocycles. The van der Waals surface area contributed by atoms with Crippen molar-refractivity contribution in [1.29, 1.82) is 0 Å². The predicted octanol–water partition coefficient (Wildman–Crippen LogP) is 4.34. The van der Waals surface area contributed by atoms with Crippen molar-refractivity contribution in [1.82, 2.24) is 21.2 Å². The first-order valence-electron chi connectivity index (χ1n) is 9.69. The Morgan fingerprint density at radius 2 is 1.52 bits per heavy atom. The first kappa shape index (κ1) is 20.3. The van der Waals surface area contributed by atoms with Crippen LogP contribution in [-0.4, -0.2) is 16.0 Å². The quantitative estimate of drug-likeness (QED) is 0.324. The number of nitrogens with zero attached hydrogens (tertiary/aromatic N) is 1. The Morgan fingerprint density at radius 3 is 2.32 bits per heavy atom. The lowest BCUT2D eigenvalue weighted by molar-refractivity contribution is 0.0939. The van der Waals surface area contributed by atoms with E-state index in [9.17, 15) is 4.79 Å². The van der Waals surface area contributed by atoms with E-state index >= 15 is 0 Å². The first-order valence-corrected chi connectivity index (χ1v) is 10.1. The van der Waals surface area contributed by atoms with Crippen LogP contribution in [0.25, 0.3) is 10.9 Å². The van der Waals surface area contributed by atoms with E-state index in [-0.39, 0.29) is 5.91 Å². The van der Waals surface area contributed by atoms with Gasteiger partial charge in [0.15, 0.2) is 5.11 Å². The van der Waals surface area contributed by atoms with E-state index in [1.807, 2.05) is 84.9 Å². The number of aromatic nitrogens is 1. The lowest BCUT2D eigenvalue weighted by Crippen LogP contribution is -2.46. The molecule has 4 aromatic rings. The van der Waals surface area contributed by atoms with Gasteiger partial charge in [-0.1, -0.05) is 54.6 Å². The fourth-order valence-corrected chi connectivity index (χ4v) is 3.02. The number of fused-ring (bicyclic) bond motifs is 1. The maximum atomic E-state index is 12.3. The average molecular weight is 429 g/mol. The van der Waals surface area contributed by atoms with Crippen molar-refractivity contribution in [2.24, 2.45) is 0 Å². The van der Waals surface area contributed by atoms with E-state index in [0.717, 1.165) is 28.0 Å². The second-order valence-corrected chi connectivity index (χ2v) is 7.12. The Labute approximate surface area is 185 Å². The third kappa shape index (κ3) is 5.55. The first-order chi connectivity index (χ1) is 15.2. The van der Waals surface area contributed by atoms with Crippen molar-refractivity contribution in [3.63, 3.8) is 0 Å². The number of carbonyl (C=O) groups is 1. The lowest BCUT2D eigenvalue weighted by Gasteiger charge is -2.12. The molecule has 0 aliphatic rings. The van der Waals surface area contributed by atoms with Crippen LogP contribution in [0.3, 0.4) is 0 Å². The number of amides is 1. The summed E-state index contributed by atoms with van der Waals surface area (Å²) in [6, 6.07) is 28.5. The molecule has 1 heterocycles. The van der Waals surface area contributed by atoms with Gasteiger partial charge in [-0.05, 0) is 54.2 Å². The summed E-state index contributed by atoms with van der Waals surface area (Å²) < 4.78 is 5.78.